The van der Waals surface area contributed by atoms with Crippen molar-refractivity contribution in [1.82, 2.24) is 10.2 Å². The first-order chi connectivity index (χ1) is 8.35. The van der Waals surface area contributed by atoms with Crippen molar-refractivity contribution < 1.29 is 4.74 Å². The Labute approximate surface area is 106 Å². The molecule has 2 aliphatic rings. The molecule has 0 aromatic heterocycles. The molecule has 2 rings (SSSR count). The van der Waals surface area contributed by atoms with Crippen LogP contribution >= 0.6 is 0 Å². The molecular weight excluding hydrogens is 212 g/mol. The van der Waals surface area contributed by atoms with Gasteiger partial charge in [0.05, 0.1) is 12.7 Å². The van der Waals surface area contributed by atoms with Crippen LogP contribution in [-0.4, -0.2) is 49.3 Å². The zero-order chi connectivity index (χ0) is 12.1. The van der Waals surface area contributed by atoms with Gasteiger partial charge < -0.3 is 10.1 Å². The molecule has 0 spiro atoms. The fourth-order valence-electron chi connectivity index (χ4n) is 3.41. The lowest BCUT2D eigenvalue weighted by molar-refractivity contribution is -0.0583. The summed E-state index contributed by atoms with van der Waals surface area (Å²) in [5.74, 6) is 0. The molecule has 0 aromatic carbocycles. The molecule has 17 heavy (non-hydrogen) atoms. The molecule has 1 N–H and O–H groups in total. The first-order valence-electron chi connectivity index (χ1n) is 7.44. The number of fused-ring (bicyclic) bond motifs is 1. The van der Waals surface area contributed by atoms with Gasteiger partial charge >= 0.3 is 0 Å². The summed E-state index contributed by atoms with van der Waals surface area (Å²) >= 11 is 0. The summed E-state index contributed by atoms with van der Waals surface area (Å²) < 4.78 is 5.87. The van der Waals surface area contributed by atoms with Crippen molar-refractivity contribution in [3.63, 3.8) is 0 Å². The van der Waals surface area contributed by atoms with Gasteiger partial charge in [0, 0.05) is 25.2 Å². The van der Waals surface area contributed by atoms with E-state index in [9.17, 15) is 0 Å². The molecule has 1 aliphatic carbocycles. The molecular formula is C14H28N2O. The standard InChI is InChI=1S/C14H28N2O/c1-3-6-12(15-4-2)11-16-9-10-17-14-8-5-7-13(14)16/h12-15H,3-11H2,1-2H3. The minimum absolute atomic E-state index is 0.535. The normalized spacial score (nSPS) is 31.4. The maximum absolute atomic E-state index is 5.87. The number of hydrogen-bond acceptors (Lipinski definition) is 3. The van der Waals surface area contributed by atoms with Crippen LogP contribution in [0.25, 0.3) is 0 Å². The Morgan fingerprint density at radius 2 is 2.24 bits per heavy atom. The number of nitrogens with zero attached hydrogens (tertiary/aromatic N) is 1. The van der Waals surface area contributed by atoms with Crippen molar-refractivity contribution in [2.45, 2.75) is 64.1 Å². The number of likely N-dealkylation sites (N-methyl/N-ethyl adjacent to an activating group) is 1. The molecule has 1 saturated carbocycles. The predicted molar refractivity (Wildman–Crippen MR) is 71.3 cm³/mol. The van der Waals surface area contributed by atoms with E-state index >= 15 is 0 Å². The number of ether oxygens (including phenoxy) is 1. The maximum atomic E-state index is 5.87. The van der Waals surface area contributed by atoms with Crippen molar-refractivity contribution in [3.05, 3.63) is 0 Å². The molecule has 3 unspecified atom stereocenters. The van der Waals surface area contributed by atoms with Gasteiger partial charge in [0.2, 0.25) is 0 Å². The molecule has 3 atom stereocenters. The first kappa shape index (κ1) is 13.3. The molecule has 0 bridgehead atoms. The molecule has 100 valence electrons. The predicted octanol–water partition coefficient (Wildman–Crippen LogP) is 2.02. The van der Waals surface area contributed by atoms with E-state index in [1.165, 1.54) is 38.6 Å². The van der Waals surface area contributed by atoms with Crippen molar-refractivity contribution in [3.8, 4) is 0 Å². The first-order valence-corrected chi connectivity index (χ1v) is 7.44. The minimum atomic E-state index is 0.535. The van der Waals surface area contributed by atoms with E-state index in [-0.39, 0.29) is 0 Å². The third-order valence-electron chi connectivity index (χ3n) is 4.18. The second-order valence-corrected chi connectivity index (χ2v) is 5.45. The number of rotatable bonds is 6. The van der Waals surface area contributed by atoms with E-state index in [1.807, 2.05) is 0 Å². The van der Waals surface area contributed by atoms with E-state index in [1.54, 1.807) is 0 Å². The Balaban J connectivity index is 1.86. The molecule has 1 saturated heterocycles. The van der Waals surface area contributed by atoms with Crippen molar-refractivity contribution in [2.75, 3.05) is 26.2 Å². The van der Waals surface area contributed by atoms with Crippen molar-refractivity contribution in [2.24, 2.45) is 0 Å². The summed E-state index contributed by atoms with van der Waals surface area (Å²) in [6.07, 6.45) is 7.08. The number of hydrogen-bond donors (Lipinski definition) is 1. The lowest BCUT2D eigenvalue weighted by Crippen LogP contribution is -2.53. The highest BCUT2D eigenvalue weighted by atomic mass is 16.5. The van der Waals surface area contributed by atoms with E-state index in [0.29, 0.717) is 18.2 Å². The van der Waals surface area contributed by atoms with E-state index in [0.717, 1.165) is 19.7 Å². The summed E-state index contributed by atoms with van der Waals surface area (Å²) in [5, 5.41) is 3.63. The second-order valence-electron chi connectivity index (χ2n) is 5.45. The van der Waals surface area contributed by atoms with Crippen LogP contribution in [0.3, 0.4) is 0 Å². The van der Waals surface area contributed by atoms with Gasteiger partial charge in [-0.2, -0.15) is 0 Å². The zero-order valence-electron chi connectivity index (χ0n) is 11.5. The highest BCUT2D eigenvalue weighted by Gasteiger charge is 2.36. The van der Waals surface area contributed by atoms with Gasteiger partial charge in [-0.05, 0) is 32.2 Å². The van der Waals surface area contributed by atoms with E-state index in [4.69, 9.17) is 4.74 Å². The van der Waals surface area contributed by atoms with Crippen molar-refractivity contribution in [1.29, 1.82) is 0 Å². The van der Waals surface area contributed by atoms with Crippen LogP contribution < -0.4 is 5.32 Å². The Morgan fingerprint density at radius 3 is 3.00 bits per heavy atom. The topological polar surface area (TPSA) is 24.5 Å². The van der Waals surface area contributed by atoms with Gasteiger partial charge in [-0.25, -0.2) is 0 Å². The van der Waals surface area contributed by atoms with Crippen LogP contribution in [0, 0.1) is 0 Å². The Kier molecular flexibility index (Phi) is 5.26. The molecule has 0 radical (unpaired) electrons. The fraction of sp³-hybridized carbons (Fsp3) is 1.00. The quantitative estimate of drug-likeness (QED) is 0.769. The van der Waals surface area contributed by atoms with Gasteiger partial charge in [0.15, 0.2) is 0 Å². The number of nitrogens with one attached hydrogen (secondary N) is 1. The SMILES string of the molecule is CCCC(CN1CCOC2CCCC21)NCC. The average Bonchev–Trinajstić information content (AvgIpc) is 2.79. The monoisotopic (exact) mass is 240 g/mol. The summed E-state index contributed by atoms with van der Waals surface area (Å²) in [6, 6.07) is 1.38. The van der Waals surface area contributed by atoms with Gasteiger partial charge in [0.25, 0.3) is 0 Å². The minimum Gasteiger partial charge on any atom is -0.375 e. The van der Waals surface area contributed by atoms with Crippen LogP contribution in [0.2, 0.25) is 0 Å². The molecule has 0 aromatic rings. The highest BCUT2D eigenvalue weighted by molar-refractivity contribution is 4.90. The van der Waals surface area contributed by atoms with Gasteiger partial charge in [-0.15, -0.1) is 0 Å². The zero-order valence-corrected chi connectivity index (χ0v) is 11.5. The summed E-state index contributed by atoms with van der Waals surface area (Å²) in [5.41, 5.74) is 0. The second kappa shape index (κ2) is 6.72. The van der Waals surface area contributed by atoms with Crippen LogP contribution in [0.1, 0.15) is 46.0 Å². The summed E-state index contributed by atoms with van der Waals surface area (Å²) in [6.45, 7) is 8.86. The van der Waals surface area contributed by atoms with Gasteiger partial charge in [-0.3, -0.25) is 4.90 Å². The van der Waals surface area contributed by atoms with E-state index in [2.05, 4.69) is 24.1 Å². The van der Waals surface area contributed by atoms with Crippen LogP contribution in [0.5, 0.6) is 0 Å². The number of morpholine rings is 1. The van der Waals surface area contributed by atoms with Crippen LogP contribution in [0.15, 0.2) is 0 Å². The van der Waals surface area contributed by atoms with Crippen LogP contribution in [0.4, 0.5) is 0 Å². The summed E-state index contributed by atoms with van der Waals surface area (Å²) in [7, 11) is 0. The lowest BCUT2D eigenvalue weighted by atomic mass is 10.1. The largest absolute Gasteiger partial charge is 0.375 e. The Morgan fingerprint density at radius 1 is 1.35 bits per heavy atom. The fourth-order valence-corrected chi connectivity index (χ4v) is 3.41. The van der Waals surface area contributed by atoms with E-state index < -0.39 is 0 Å². The third-order valence-corrected chi connectivity index (χ3v) is 4.18. The lowest BCUT2D eigenvalue weighted by Gasteiger charge is -2.39. The molecule has 1 heterocycles. The van der Waals surface area contributed by atoms with Crippen molar-refractivity contribution >= 4 is 0 Å². The maximum Gasteiger partial charge on any atom is 0.0730 e. The molecule has 3 nitrogen and oxygen atoms in total. The molecule has 3 heteroatoms. The molecule has 2 fully saturated rings. The Bertz CT molecular complexity index is 216. The molecule has 1 aliphatic heterocycles. The Hall–Kier alpha value is -0.120. The smallest absolute Gasteiger partial charge is 0.0730 e. The highest BCUT2D eigenvalue weighted by Crippen LogP contribution is 2.29. The summed E-state index contributed by atoms with van der Waals surface area (Å²) in [4.78, 5) is 2.68. The molecule has 0 amide bonds. The van der Waals surface area contributed by atoms with Gasteiger partial charge in [0.1, 0.15) is 0 Å². The van der Waals surface area contributed by atoms with Crippen LogP contribution in [-0.2, 0) is 4.74 Å². The average molecular weight is 240 g/mol. The van der Waals surface area contributed by atoms with Gasteiger partial charge in [-0.1, -0.05) is 20.3 Å². The third kappa shape index (κ3) is 3.43.